The molecule has 0 radical (unpaired) electrons. The maximum atomic E-state index is 12.4. The van der Waals surface area contributed by atoms with E-state index in [1.165, 1.54) is 16.7 Å². The van der Waals surface area contributed by atoms with Gasteiger partial charge < -0.3 is 0 Å². The molecule has 2 aromatic carbocycles. The second-order valence-electron chi connectivity index (χ2n) is 4.96. The molecule has 0 spiro atoms. The molecule has 3 nitrogen and oxygen atoms in total. The molecule has 0 aromatic heterocycles. The Morgan fingerprint density at radius 3 is 2.50 bits per heavy atom. The van der Waals surface area contributed by atoms with Crippen molar-refractivity contribution in [1.82, 2.24) is 4.90 Å². The third kappa shape index (κ3) is 3.47. The van der Waals surface area contributed by atoms with E-state index in [1.54, 1.807) is 43.5 Å². The summed E-state index contributed by atoms with van der Waals surface area (Å²) in [5.74, 6) is -0.151. The van der Waals surface area contributed by atoms with E-state index in [1.807, 2.05) is 12.1 Å². The number of likely N-dealkylation sites (N-methyl/N-ethyl adjacent to an activating group) is 1. The minimum atomic E-state index is -0.151. The number of carbonyl (C=O) groups excluding carboxylic acids is 1. The van der Waals surface area contributed by atoms with Crippen LogP contribution in [0.2, 0.25) is 15.1 Å². The number of thioether (sulfide) groups is 1. The first-order valence-corrected chi connectivity index (χ1v) is 8.87. The van der Waals surface area contributed by atoms with Crippen molar-refractivity contribution < 1.29 is 4.79 Å². The molecule has 0 unspecified atom stereocenters. The van der Waals surface area contributed by atoms with Crippen molar-refractivity contribution in [3.63, 3.8) is 0 Å². The van der Waals surface area contributed by atoms with Crippen LogP contribution in [0.3, 0.4) is 0 Å². The molecule has 1 heterocycles. The van der Waals surface area contributed by atoms with Crippen LogP contribution in [0.1, 0.15) is 5.56 Å². The van der Waals surface area contributed by atoms with Crippen LogP contribution in [-0.2, 0) is 4.79 Å². The summed E-state index contributed by atoms with van der Waals surface area (Å²) in [5, 5.41) is 1.94. The van der Waals surface area contributed by atoms with Crippen molar-refractivity contribution in [1.29, 1.82) is 0 Å². The quantitative estimate of drug-likeness (QED) is 0.593. The van der Waals surface area contributed by atoms with E-state index in [2.05, 4.69) is 4.99 Å². The average molecular weight is 398 g/mol. The minimum absolute atomic E-state index is 0.151. The highest BCUT2D eigenvalue weighted by atomic mass is 35.5. The molecule has 7 heteroatoms. The number of aliphatic imine (C=N–C) groups is 1. The molecule has 1 aliphatic heterocycles. The molecule has 1 aliphatic rings. The molecule has 0 N–H and O–H groups in total. The number of halogens is 3. The number of rotatable bonds is 2. The van der Waals surface area contributed by atoms with Gasteiger partial charge in [-0.05, 0) is 41.6 Å². The number of hydrogen-bond donors (Lipinski definition) is 0. The maximum absolute atomic E-state index is 12.4. The molecule has 3 rings (SSSR count). The van der Waals surface area contributed by atoms with E-state index >= 15 is 0 Å². The molecule has 1 amide bonds. The lowest BCUT2D eigenvalue weighted by atomic mass is 10.2. The Morgan fingerprint density at radius 1 is 1.04 bits per heavy atom. The monoisotopic (exact) mass is 396 g/mol. The number of benzene rings is 2. The Labute approximate surface area is 158 Å². The summed E-state index contributed by atoms with van der Waals surface area (Å²) in [7, 11) is 1.67. The van der Waals surface area contributed by atoms with E-state index in [0.717, 1.165) is 0 Å². The maximum Gasteiger partial charge on any atom is 0.266 e. The van der Waals surface area contributed by atoms with E-state index in [9.17, 15) is 4.79 Å². The van der Waals surface area contributed by atoms with E-state index in [0.29, 0.717) is 36.4 Å². The van der Waals surface area contributed by atoms with Crippen LogP contribution in [0.25, 0.3) is 6.08 Å². The van der Waals surface area contributed by atoms with E-state index < -0.39 is 0 Å². The predicted octanol–water partition coefficient (Wildman–Crippen LogP) is 5.88. The van der Waals surface area contributed by atoms with Crippen LogP contribution in [-0.4, -0.2) is 23.0 Å². The Morgan fingerprint density at radius 2 is 1.75 bits per heavy atom. The van der Waals surface area contributed by atoms with Crippen LogP contribution in [0.15, 0.2) is 52.4 Å². The van der Waals surface area contributed by atoms with Crippen molar-refractivity contribution >= 4 is 69.4 Å². The van der Waals surface area contributed by atoms with Crippen LogP contribution in [0.5, 0.6) is 0 Å². The summed E-state index contributed by atoms with van der Waals surface area (Å²) in [6.45, 7) is 0. The van der Waals surface area contributed by atoms with Crippen molar-refractivity contribution in [3.05, 3.63) is 68.0 Å². The molecule has 24 heavy (non-hydrogen) atoms. The van der Waals surface area contributed by atoms with Gasteiger partial charge in [0.05, 0.1) is 25.7 Å². The van der Waals surface area contributed by atoms with Crippen molar-refractivity contribution in [3.8, 4) is 0 Å². The van der Waals surface area contributed by atoms with Crippen molar-refractivity contribution in [2.45, 2.75) is 0 Å². The fourth-order valence-corrected chi connectivity index (χ4v) is 3.58. The largest absolute Gasteiger partial charge is 0.290 e. The van der Waals surface area contributed by atoms with Gasteiger partial charge in [-0.3, -0.25) is 9.69 Å². The number of hydrogen-bond acceptors (Lipinski definition) is 3. The highest BCUT2D eigenvalue weighted by Gasteiger charge is 2.30. The lowest BCUT2D eigenvalue weighted by molar-refractivity contribution is -0.121. The SMILES string of the molecule is CN1C(=O)/C(=C\c2cccc(Cl)c2Cl)SC1=Nc1ccccc1Cl. The summed E-state index contributed by atoms with van der Waals surface area (Å²) < 4.78 is 0. The van der Waals surface area contributed by atoms with Crippen molar-refractivity contribution in [2.24, 2.45) is 4.99 Å². The van der Waals surface area contributed by atoms with E-state index in [4.69, 9.17) is 34.8 Å². The first-order valence-electron chi connectivity index (χ1n) is 6.92. The molecule has 2 aromatic rings. The first kappa shape index (κ1) is 17.4. The van der Waals surface area contributed by atoms with Gasteiger partial charge in [0.15, 0.2) is 5.17 Å². The fourth-order valence-electron chi connectivity index (χ4n) is 2.07. The van der Waals surface area contributed by atoms with Crippen LogP contribution < -0.4 is 0 Å². The minimum Gasteiger partial charge on any atom is -0.290 e. The van der Waals surface area contributed by atoms with Crippen LogP contribution in [0.4, 0.5) is 5.69 Å². The first-order chi connectivity index (χ1) is 11.5. The normalized spacial score (nSPS) is 18.0. The molecular weight excluding hydrogens is 387 g/mol. The number of amidine groups is 1. The Bertz CT molecular complexity index is 880. The average Bonchev–Trinajstić information content (AvgIpc) is 2.82. The highest BCUT2D eigenvalue weighted by molar-refractivity contribution is 8.18. The summed E-state index contributed by atoms with van der Waals surface area (Å²) in [6.07, 6.45) is 1.72. The summed E-state index contributed by atoms with van der Waals surface area (Å²) in [4.78, 5) is 18.9. The fraction of sp³-hybridized carbons (Fsp3) is 0.0588. The van der Waals surface area contributed by atoms with Gasteiger partial charge in [-0.1, -0.05) is 59.1 Å². The highest BCUT2D eigenvalue weighted by Crippen LogP contribution is 2.36. The third-order valence-electron chi connectivity index (χ3n) is 3.34. The van der Waals surface area contributed by atoms with Crippen LogP contribution >= 0.6 is 46.6 Å². The predicted molar refractivity (Wildman–Crippen MR) is 103 cm³/mol. The number of nitrogens with zero attached hydrogens (tertiary/aromatic N) is 2. The van der Waals surface area contributed by atoms with Gasteiger partial charge in [0.25, 0.3) is 5.91 Å². The second-order valence-corrected chi connectivity index (χ2v) is 7.17. The van der Waals surface area contributed by atoms with Crippen LogP contribution in [0, 0.1) is 0 Å². The van der Waals surface area contributed by atoms with Gasteiger partial charge in [-0.25, -0.2) is 4.99 Å². The van der Waals surface area contributed by atoms with Gasteiger partial charge in [0, 0.05) is 7.05 Å². The summed E-state index contributed by atoms with van der Waals surface area (Å²) in [5.41, 5.74) is 1.30. The Balaban J connectivity index is 1.96. The van der Waals surface area contributed by atoms with Gasteiger partial charge >= 0.3 is 0 Å². The molecule has 0 bridgehead atoms. The number of amides is 1. The Hall–Kier alpha value is -1.46. The number of carbonyl (C=O) groups is 1. The number of para-hydroxylation sites is 1. The van der Waals surface area contributed by atoms with Crippen molar-refractivity contribution in [2.75, 3.05) is 7.05 Å². The molecule has 1 saturated heterocycles. The van der Waals surface area contributed by atoms with Gasteiger partial charge in [0.2, 0.25) is 0 Å². The molecule has 0 saturated carbocycles. The van der Waals surface area contributed by atoms with Gasteiger partial charge in [-0.15, -0.1) is 0 Å². The molecular formula is C17H11Cl3N2OS. The zero-order valence-corrected chi connectivity index (χ0v) is 15.5. The molecule has 122 valence electrons. The second kappa shape index (κ2) is 7.19. The Kier molecular flexibility index (Phi) is 5.21. The smallest absolute Gasteiger partial charge is 0.266 e. The molecule has 0 aliphatic carbocycles. The topological polar surface area (TPSA) is 32.7 Å². The third-order valence-corrected chi connectivity index (χ3v) is 5.55. The standard InChI is InChI=1S/C17H11Cl3N2OS/c1-22-16(23)14(9-10-5-4-7-12(19)15(10)20)24-17(22)21-13-8-3-2-6-11(13)18/h2-9H,1H3/b14-9+,21-17?. The molecule has 1 fully saturated rings. The summed E-state index contributed by atoms with van der Waals surface area (Å²) >= 11 is 19.6. The van der Waals surface area contributed by atoms with Gasteiger partial charge in [0.1, 0.15) is 0 Å². The zero-order valence-electron chi connectivity index (χ0n) is 12.5. The van der Waals surface area contributed by atoms with Gasteiger partial charge in [-0.2, -0.15) is 0 Å². The molecule has 0 atom stereocenters. The van der Waals surface area contributed by atoms with E-state index in [-0.39, 0.29) is 5.91 Å². The zero-order chi connectivity index (χ0) is 17.3. The summed E-state index contributed by atoms with van der Waals surface area (Å²) in [6, 6.07) is 12.5. The lowest BCUT2D eigenvalue weighted by Gasteiger charge is -2.07. The lowest BCUT2D eigenvalue weighted by Crippen LogP contribution is -2.23.